The molecule has 0 spiro atoms. The summed E-state index contributed by atoms with van der Waals surface area (Å²) in [7, 11) is 0. The minimum absolute atomic E-state index is 0.0588. The van der Waals surface area contributed by atoms with Gasteiger partial charge in [-0.1, -0.05) is 54.6 Å². The number of ether oxygens (including phenoxy) is 1. The van der Waals surface area contributed by atoms with Gasteiger partial charge in [-0.3, -0.25) is 4.79 Å². The molecule has 0 radical (unpaired) electrons. The number of benzene rings is 2. The molecule has 1 amide bonds. The minimum Gasteiger partial charge on any atom is -0.481 e. The highest BCUT2D eigenvalue weighted by atomic mass is 16.5. The topological polar surface area (TPSA) is 113 Å². The molecule has 7 nitrogen and oxygen atoms in total. The van der Waals surface area contributed by atoms with Gasteiger partial charge in [0.25, 0.3) is 0 Å². The molecular formula is C22H21NO6. The third-order valence-corrected chi connectivity index (χ3v) is 4.79. The van der Waals surface area contributed by atoms with Crippen molar-refractivity contribution < 1.29 is 29.3 Å². The fourth-order valence-electron chi connectivity index (χ4n) is 3.49. The summed E-state index contributed by atoms with van der Waals surface area (Å²) in [5.74, 6) is -2.31. The van der Waals surface area contributed by atoms with Crippen LogP contribution < -0.4 is 5.32 Å². The van der Waals surface area contributed by atoms with Gasteiger partial charge in [0, 0.05) is 18.4 Å². The van der Waals surface area contributed by atoms with Crippen molar-refractivity contribution in [2.24, 2.45) is 0 Å². The highest BCUT2D eigenvalue weighted by Gasteiger charge is 2.29. The minimum atomic E-state index is -1.18. The Hall–Kier alpha value is -3.61. The van der Waals surface area contributed by atoms with Crippen LogP contribution in [0.15, 0.2) is 60.7 Å². The normalized spacial score (nSPS) is 13.5. The zero-order valence-corrected chi connectivity index (χ0v) is 15.6. The molecule has 3 N–H and O–H groups in total. The highest BCUT2D eigenvalue weighted by molar-refractivity contribution is 5.80. The summed E-state index contributed by atoms with van der Waals surface area (Å²) in [6.45, 7) is 0.119. The van der Waals surface area contributed by atoms with Crippen molar-refractivity contribution in [2.75, 3.05) is 6.61 Å². The molecule has 0 aromatic heterocycles. The second-order valence-electron chi connectivity index (χ2n) is 6.71. The number of aliphatic carboxylic acids is 2. The SMILES string of the molecule is O=C(O)C=CC(CCC(=O)O)NC(=O)OCC1c2ccccc2-c2ccccc21. The number of carboxylic acid groups (broad SMARTS) is 2. The lowest BCUT2D eigenvalue weighted by Gasteiger charge is -2.17. The Morgan fingerprint density at radius 1 is 1.00 bits per heavy atom. The van der Waals surface area contributed by atoms with Gasteiger partial charge in [-0.05, 0) is 28.7 Å². The van der Waals surface area contributed by atoms with E-state index in [2.05, 4.69) is 5.32 Å². The molecule has 1 aliphatic carbocycles. The van der Waals surface area contributed by atoms with E-state index in [4.69, 9.17) is 14.9 Å². The number of amides is 1. The number of nitrogens with one attached hydrogen (secondary N) is 1. The lowest BCUT2D eigenvalue weighted by molar-refractivity contribution is -0.137. The third-order valence-electron chi connectivity index (χ3n) is 4.79. The number of carbonyl (C=O) groups is 3. The number of carboxylic acids is 2. The van der Waals surface area contributed by atoms with E-state index in [0.717, 1.165) is 28.3 Å². The molecule has 0 heterocycles. The highest BCUT2D eigenvalue weighted by Crippen LogP contribution is 2.44. The van der Waals surface area contributed by atoms with Gasteiger partial charge in [0.15, 0.2) is 0 Å². The van der Waals surface area contributed by atoms with Crippen molar-refractivity contribution in [1.82, 2.24) is 5.32 Å². The van der Waals surface area contributed by atoms with Crippen molar-refractivity contribution in [2.45, 2.75) is 24.8 Å². The number of alkyl carbamates (subject to hydrolysis) is 1. The Balaban J connectivity index is 1.66. The Labute approximate surface area is 167 Å². The molecule has 1 unspecified atom stereocenters. The van der Waals surface area contributed by atoms with Crippen molar-refractivity contribution in [3.8, 4) is 11.1 Å². The number of carbonyl (C=O) groups excluding carboxylic acids is 1. The van der Waals surface area contributed by atoms with Gasteiger partial charge >= 0.3 is 18.0 Å². The van der Waals surface area contributed by atoms with E-state index in [1.165, 1.54) is 6.08 Å². The maximum Gasteiger partial charge on any atom is 0.407 e. The molecule has 1 atom stereocenters. The Morgan fingerprint density at radius 2 is 1.59 bits per heavy atom. The van der Waals surface area contributed by atoms with Gasteiger partial charge in [-0.25, -0.2) is 9.59 Å². The molecule has 0 bridgehead atoms. The summed E-state index contributed by atoms with van der Waals surface area (Å²) in [5, 5.41) is 20.1. The molecule has 0 aliphatic heterocycles. The van der Waals surface area contributed by atoms with Gasteiger partial charge in [0.1, 0.15) is 6.61 Å². The van der Waals surface area contributed by atoms with Crippen molar-refractivity contribution in [3.63, 3.8) is 0 Å². The third kappa shape index (κ3) is 5.01. The molecule has 7 heteroatoms. The smallest absolute Gasteiger partial charge is 0.407 e. The summed E-state index contributed by atoms with van der Waals surface area (Å²) >= 11 is 0. The average molecular weight is 395 g/mol. The van der Waals surface area contributed by atoms with Crippen LogP contribution in [0.3, 0.4) is 0 Å². The van der Waals surface area contributed by atoms with E-state index in [0.29, 0.717) is 0 Å². The van der Waals surface area contributed by atoms with Gasteiger partial charge in [-0.15, -0.1) is 0 Å². The van der Waals surface area contributed by atoms with Crippen LogP contribution in [0.5, 0.6) is 0 Å². The number of hydrogen-bond acceptors (Lipinski definition) is 4. The van der Waals surface area contributed by atoms with E-state index in [1.807, 2.05) is 48.5 Å². The van der Waals surface area contributed by atoms with E-state index in [-0.39, 0.29) is 25.4 Å². The van der Waals surface area contributed by atoms with Crippen LogP contribution in [-0.4, -0.2) is 40.9 Å². The molecule has 0 saturated carbocycles. The Kier molecular flexibility index (Phi) is 6.29. The molecule has 1 aliphatic rings. The standard InChI is InChI=1S/C22H21NO6/c24-20(25)11-9-14(10-12-21(26)27)23-22(28)29-13-19-17-7-3-1-5-15(17)16-6-2-4-8-18(16)19/h1-9,11,14,19H,10,12-13H2,(H,23,28)(H,24,25)(H,26,27). The second kappa shape index (κ2) is 9.05. The van der Waals surface area contributed by atoms with Crippen molar-refractivity contribution in [3.05, 3.63) is 71.8 Å². The first-order valence-corrected chi connectivity index (χ1v) is 9.20. The monoisotopic (exact) mass is 395 g/mol. The molecule has 29 heavy (non-hydrogen) atoms. The Bertz CT molecular complexity index is 906. The van der Waals surface area contributed by atoms with Crippen LogP contribution in [-0.2, 0) is 14.3 Å². The first-order valence-electron chi connectivity index (χ1n) is 9.20. The maximum atomic E-state index is 12.3. The van der Waals surface area contributed by atoms with Crippen LogP contribution in [0.4, 0.5) is 4.79 Å². The fraction of sp³-hybridized carbons (Fsp3) is 0.227. The molecule has 0 saturated heterocycles. The number of hydrogen-bond donors (Lipinski definition) is 3. The van der Waals surface area contributed by atoms with E-state index in [1.54, 1.807) is 0 Å². The summed E-state index contributed by atoms with van der Waals surface area (Å²) < 4.78 is 5.40. The van der Waals surface area contributed by atoms with Gasteiger partial charge in [0.05, 0.1) is 6.04 Å². The van der Waals surface area contributed by atoms with Crippen molar-refractivity contribution >= 4 is 18.0 Å². The molecule has 2 aromatic carbocycles. The van der Waals surface area contributed by atoms with Crippen LogP contribution >= 0.6 is 0 Å². The Morgan fingerprint density at radius 3 is 2.14 bits per heavy atom. The predicted octanol–water partition coefficient (Wildman–Crippen LogP) is 3.40. The van der Waals surface area contributed by atoms with Crippen LogP contribution in [0.25, 0.3) is 11.1 Å². The summed E-state index contributed by atoms with van der Waals surface area (Å²) in [5.41, 5.74) is 4.38. The van der Waals surface area contributed by atoms with E-state index >= 15 is 0 Å². The first kappa shape index (κ1) is 20.1. The number of rotatable bonds is 8. The lowest BCUT2D eigenvalue weighted by atomic mass is 9.98. The second-order valence-corrected chi connectivity index (χ2v) is 6.71. The van der Waals surface area contributed by atoms with E-state index < -0.39 is 24.1 Å². The van der Waals surface area contributed by atoms with Gasteiger partial charge in [0.2, 0.25) is 0 Å². The van der Waals surface area contributed by atoms with Gasteiger partial charge in [-0.2, -0.15) is 0 Å². The summed E-state index contributed by atoms with van der Waals surface area (Å²) in [6.07, 6.45) is 1.24. The van der Waals surface area contributed by atoms with E-state index in [9.17, 15) is 14.4 Å². The largest absolute Gasteiger partial charge is 0.481 e. The summed E-state index contributed by atoms with van der Waals surface area (Å²) in [6, 6.07) is 15.1. The van der Waals surface area contributed by atoms with Crippen LogP contribution in [0.2, 0.25) is 0 Å². The molecule has 150 valence electrons. The lowest BCUT2D eigenvalue weighted by Crippen LogP contribution is -2.35. The van der Waals surface area contributed by atoms with Crippen LogP contribution in [0.1, 0.15) is 29.9 Å². The molecule has 0 fully saturated rings. The molecule has 2 aromatic rings. The van der Waals surface area contributed by atoms with Gasteiger partial charge < -0.3 is 20.3 Å². The predicted molar refractivity (Wildman–Crippen MR) is 106 cm³/mol. The zero-order chi connectivity index (χ0) is 20.8. The quantitative estimate of drug-likeness (QED) is 0.591. The first-order chi connectivity index (χ1) is 14.0. The van der Waals surface area contributed by atoms with Crippen molar-refractivity contribution in [1.29, 1.82) is 0 Å². The molecule has 3 rings (SSSR count). The van der Waals surface area contributed by atoms with Crippen LogP contribution in [0, 0.1) is 0 Å². The fourth-order valence-corrected chi connectivity index (χ4v) is 3.49. The average Bonchev–Trinajstić information content (AvgIpc) is 3.02. The summed E-state index contributed by atoms with van der Waals surface area (Å²) in [4.78, 5) is 33.8. The maximum absolute atomic E-state index is 12.3. The zero-order valence-electron chi connectivity index (χ0n) is 15.6. The molecular weight excluding hydrogens is 374 g/mol. The number of fused-ring (bicyclic) bond motifs is 3.